The molecule has 0 N–H and O–H groups in total. The van der Waals surface area contributed by atoms with Gasteiger partial charge < -0.3 is 4.74 Å². The molecule has 2 rings (SSSR count). The number of methoxy groups -OCH3 is 1. The van der Waals surface area contributed by atoms with E-state index in [2.05, 4.69) is 37.4 Å². The molecular formula is C14H16O. The highest BCUT2D eigenvalue weighted by Gasteiger charge is 2.23. The minimum absolute atomic E-state index is 0.386. The topological polar surface area (TPSA) is 9.23 Å². The van der Waals surface area contributed by atoms with E-state index in [-0.39, 0.29) is 0 Å². The van der Waals surface area contributed by atoms with E-state index in [1.807, 2.05) is 0 Å². The molecule has 0 heterocycles. The quantitative estimate of drug-likeness (QED) is 0.665. The molecule has 1 aliphatic carbocycles. The van der Waals surface area contributed by atoms with Crippen LogP contribution < -0.4 is 0 Å². The molecule has 1 unspecified atom stereocenters. The third-order valence-electron chi connectivity index (χ3n) is 3.07. The van der Waals surface area contributed by atoms with E-state index in [0.717, 1.165) is 18.6 Å². The lowest BCUT2D eigenvalue weighted by atomic mass is 9.80. The number of hydrogen-bond donors (Lipinski definition) is 0. The van der Waals surface area contributed by atoms with Gasteiger partial charge in [-0.05, 0) is 29.5 Å². The Morgan fingerprint density at radius 2 is 2.07 bits per heavy atom. The largest absolute Gasteiger partial charge is 0.501 e. The molecule has 1 aromatic rings. The van der Waals surface area contributed by atoms with Crippen LogP contribution in [-0.2, 0) is 11.2 Å². The summed E-state index contributed by atoms with van der Waals surface area (Å²) in [5.74, 6) is 1.25. The summed E-state index contributed by atoms with van der Waals surface area (Å²) in [5.41, 5.74) is 3.86. The van der Waals surface area contributed by atoms with Crippen LogP contribution in [-0.4, -0.2) is 7.11 Å². The van der Waals surface area contributed by atoms with Crippen LogP contribution in [0.3, 0.4) is 0 Å². The highest BCUT2D eigenvalue weighted by atomic mass is 16.5. The Kier molecular flexibility index (Phi) is 2.63. The Morgan fingerprint density at radius 1 is 1.33 bits per heavy atom. The van der Waals surface area contributed by atoms with Gasteiger partial charge in [0.15, 0.2) is 0 Å². The Labute approximate surface area is 91.1 Å². The van der Waals surface area contributed by atoms with E-state index < -0.39 is 0 Å². The number of fused-ring (bicyclic) bond motifs is 1. The van der Waals surface area contributed by atoms with Crippen LogP contribution >= 0.6 is 0 Å². The summed E-state index contributed by atoms with van der Waals surface area (Å²) in [6.45, 7) is 8.07. The van der Waals surface area contributed by atoms with E-state index in [4.69, 9.17) is 4.74 Å². The van der Waals surface area contributed by atoms with Gasteiger partial charge in [-0.1, -0.05) is 37.4 Å². The molecule has 1 atom stereocenters. The van der Waals surface area contributed by atoms with Crippen LogP contribution in [0, 0.1) is 5.92 Å². The second-order valence-corrected chi connectivity index (χ2v) is 4.04. The molecule has 0 fully saturated rings. The average Bonchev–Trinajstić information content (AvgIpc) is 2.28. The molecule has 1 nitrogen and oxygen atoms in total. The minimum Gasteiger partial charge on any atom is -0.501 e. The molecule has 0 bridgehead atoms. The minimum atomic E-state index is 0.386. The first-order chi connectivity index (χ1) is 7.22. The Morgan fingerprint density at radius 3 is 2.80 bits per heavy atom. The number of allylic oxidation sites excluding steroid dienone is 2. The van der Waals surface area contributed by atoms with Crippen molar-refractivity contribution in [3.63, 3.8) is 0 Å². The highest BCUT2D eigenvalue weighted by Crippen LogP contribution is 2.35. The Bertz CT molecular complexity index is 404. The summed E-state index contributed by atoms with van der Waals surface area (Å²) in [6.07, 6.45) is 1.98. The van der Waals surface area contributed by atoms with Gasteiger partial charge in [-0.3, -0.25) is 0 Å². The summed E-state index contributed by atoms with van der Waals surface area (Å²) in [6, 6.07) is 8.44. The number of ether oxygens (including phenoxy) is 1. The van der Waals surface area contributed by atoms with Gasteiger partial charge in [0, 0.05) is 5.92 Å². The van der Waals surface area contributed by atoms with Gasteiger partial charge in [0.25, 0.3) is 0 Å². The normalized spacial score (nSPS) is 19.5. The van der Waals surface area contributed by atoms with Crippen LogP contribution in [0.5, 0.6) is 0 Å². The summed E-state index contributed by atoms with van der Waals surface area (Å²) >= 11 is 0. The summed E-state index contributed by atoms with van der Waals surface area (Å²) in [4.78, 5) is 0. The van der Waals surface area contributed by atoms with Crippen LogP contribution in [0.4, 0.5) is 0 Å². The average molecular weight is 200 g/mol. The molecule has 0 spiro atoms. The van der Waals surface area contributed by atoms with Crippen molar-refractivity contribution in [3.8, 4) is 0 Å². The zero-order valence-electron chi connectivity index (χ0n) is 9.12. The molecule has 0 amide bonds. The van der Waals surface area contributed by atoms with Gasteiger partial charge in [0.05, 0.1) is 12.9 Å². The first kappa shape index (κ1) is 10.0. The molecule has 0 saturated carbocycles. The molecule has 1 heteroatoms. The lowest BCUT2D eigenvalue weighted by Crippen LogP contribution is -2.15. The second kappa shape index (κ2) is 3.93. The fourth-order valence-corrected chi connectivity index (χ4v) is 2.18. The summed E-state index contributed by atoms with van der Waals surface area (Å²) in [5, 5.41) is 0. The molecule has 15 heavy (non-hydrogen) atoms. The van der Waals surface area contributed by atoms with Crippen LogP contribution in [0.1, 0.15) is 17.5 Å². The maximum absolute atomic E-state index is 5.22. The molecular weight excluding hydrogens is 184 g/mol. The van der Waals surface area contributed by atoms with Gasteiger partial charge in [0.1, 0.15) is 0 Å². The zero-order chi connectivity index (χ0) is 10.8. The van der Waals surface area contributed by atoms with E-state index in [0.29, 0.717) is 5.92 Å². The van der Waals surface area contributed by atoms with Gasteiger partial charge in [-0.25, -0.2) is 0 Å². The fraction of sp³-hybridized carbons (Fsp3) is 0.286. The van der Waals surface area contributed by atoms with Crippen molar-refractivity contribution in [1.29, 1.82) is 0 Å². The van der Waals surface area contributed by atoms with Crippen molar-refractivity contribution in [2.45, 2.75) is 12.8 Å². The Balaban J connectivity index is 2.30. The third kappa shape index (κ3) is 1.82. The zero-order valence-corrected chi connectivity index (χ0v) is 9.12. The predicted molar refractivity (Wildman–Crippen MR) is 63.4 cm³/mol. The molecule has 0 aromatic heterocycles. The molecule has 0 saturated heterocycles. The molecule has 1 aromatic carbocycles. The molecule has 1 aliphatic rings. The third-order valence-corrected chi connectivity index (χ3v) is 3.07. The van der Waals surface area contributed by atoms with Crippen molar-refractivity contribution in [2.75, 3.05) is 7.11 Å². The Hall–Kier alpha value is -1.50. The van der Waals surface area contributed by atoms with Crippen LogP contribution in [0.2, 0.25) is 0 Å². The maximum Gasteiger partial charge on any atom is 0.0921 e. The van der Waals surface area contributed by atoms with Gasteiger partial charge >= 0.3 is 0 Å². The maximum atomic E-state index is 5.22. The van der Waals surface area contributed by atoms with E-state index in [1.165, 1.54) is 16.7 Å². The van der Waals surface area contributed by atoms with E-state index in [1.54, 1.807) is 7.11 Å². The first-order valence-corrected chi connectivity index (χ1v) is 5.21. The van der Waals surface area contributed by atoms with Crippen molar-refractivity contribution in [3.05, 3.63) is 54.3 Å². The molecule has 78 valence electrons. The highest BCUT2D eigenvalue weighted by molar-refractivity contribution is 5.68. The standard InChI is InChI=1S/C14H16O/c1-10-8-13(11(2)15-3)9-12-6-4-5-7-14(10)12/h4-7,13H,1-2,8-9H2,3H3. The van der Waals surface area contributed by atoms with Crippen molar-refractivity contribution >= 4 is 5.57 Å². The van der Waals surface area contributed by atoms with Crippen molar-refractivity contribution in [2.24, 2.45) is 5.92 Å². The van der Waals surface area contributed by atoms with Crippen molar-refractivity contribution < 1.29 is 4.74 Å². The molecule has 0 aliphatic heterocycles. The van der Waals surface area contributed by atoms with Crippen LogP contribution in [0.15, 0.2) is 43.2 Å². The second-order valence-electron chi connectivity index (χ2n) is 4.04. The monoisotopic (exact) mass is 200 g/mol. The number of benzene rings is 1. The summed E-state index contributed by atoms with van der Waals surface area (Å²) in [7, 11) is 1.69. The van der Waals surface area contributed by atoms with E-state index in [9.17, 15) is 0 Å². The molecule has 0 radical (unpaired) electrons. The van der Waals surface area contributed by atoms with Gasteiger partial charge in [-0.15, -0.1) is 0 Å². The first-order valence-electron chi connectivity index (χ1n) is 5.21. The van der Waals surface area contributed by atoms with E-state index >= 15 is 0 Å². The summed E-state index contributed by atoms with van der Waals surface area (Å²) < 4.78 is 5.22. The van der Waals surface area contributed by atoms with Gasteiger partial charge in [-0.2, -0.15) is 0 Å². The lowest BCUT2D eigenvalue weighted by molar-refractivity contribution is 0.242. The smallest absolute Gasteiger partial charge is 0.0921 e. The number of rotatable bonds is 2. The fourth-order valence-electron chi connectivity index (χ4n) is 2.18. The lowest BCUT2D eigenvalue weighted by Gasteiger charge is -2.26. The van der Waals surface area contributed by atoms with Crippen molar-refractivity contribution in [1.82, 2.24) is 0 Å². The van der Waals surface area contributed by atoms with Gasteiger partial charge in [0.2, 0.25) is 0 Å². The van der Waals surface area contributed by atoms with Crippen LogP contribution in [0.25, 0.3) is 5.57 Å². The predicted octanol–water partition coefficient (Wildman–Crippen LogP) is 3.42. The number of hydrogen-bond acceptors (Lipinski definition) is 1. The SMILES string of the molecule is C=C1CC(C(=C)OC)Cc2ccccc21.